The van der Waals surface area contributed by atoms with Crippen LogP contribution in [0.15, 0.2) is 59.4 Å². The van der Waals surface area contributed by atoms with Gasteiger partial charge in [0.15, 0.2) is 0 Å². The molecule has 158 valence electrons. The van der Waals surface area contributed by atoms with Crippen LogP contribution in [0.1, 0.15) is 33.8 Å². The first-order valence-electron chi connectivity index (χ1n) is 9.91. The summed E-state index contributed by atoms with van der Waals surface area (Å²) in [6.07, 6.45) is 3.75. The molecule has 0 fully saturated rings. The highest BCUT2D eigenvalue weighted by molar-refractivity contribution is 5.90. The number of amides is 1. The molecule has 11 heteroatoms. The summed E-state index contributed by atoms with van der Waals surface area (Å²) in [4.78, 5) is 26.7. The summed E-state index contributed by atoms with van der Waals surface area (Å²) >= 11 is 0. The molecule has 6 rings (SSSR count). The second-order valence-electron chi connectivity index (χ2n) is 7.30. The predicted octanol–water partition coefficient (Wildman–Crippen LogP) is 2.43. The summed E-state index contributed by atoms with van der Waals surface area (Å²) in [7, 11) is 0. The standard InChI is InChI=1S/C21H15FN8O2/c22-16-6-3-4-12-10-15(28-30(12)16)18-17-13(24-11-25-17)7-9-29(18)21(31)20-27-26-19(32-20)14-5-1-2-8-23-14/h1-6,8,10-11,18H,7,9H2,(H,24,25). The van der Waals surface area contributed by atoms with Crippen LogP contribution in [0.5, 0.6) is 0 Å². The molecule has 0 spiro atoms. The maximum absolute atomic E-state index is 14.2. The molecule has 0 aromatic carbocycles. The third-order valence-corrected chi connectivity index (χ3v) is 5.42. The van der Waals surface area contributed by atoms with Crippen LogP contribution in [0.3, 0.4) is 0 Å². The van der Waals surface area contributed by atoms with E-state index in [-0.39, 0.29) is 11.8 Å². The Bertz CT molecular complexity index is 1440. The van der Waals surface area contributed by atoms with Crippen molar-refractivity contribution < 1.29 is 13.6 Å². The number of aromatic nitrogens is 7. The fourth-order valence-electron chi connectivity index (χ4n) is 3.96. The van der Waals surface area contributed by atoms with Crippen LogP contribution in [0.2, 0.25) is 0 Å². The third kappa shape index (κ3) is 2.86. The lowest BCUT2D eigenvalue weighted by Crippen LogP contribution is -2.41. The van der Waals surface area contributed by atoms with Gasteiger partial charge >= 0.3 is 11.8 Å². The minimum atomic E-state index is -0.637. The maximum Gasteiger partial charge on any atom is 0.312 e. The third-order valence-electron chi connectivity index (χ3n) is 5.42. The van der Waals surface area contributed by atoms with Gasteiger partial charge in [-0.05, 0) is 30.3 Å². The van der Waals surface area contributed by atoms with E-state index in [9.17, 15) is 9.18 Å². The van der Waals surface area contributed by atoms with Crippen LogP contribution in [0.4, 0.5) is 4.39 Å². The number of imidazole rings is 1. The van der Waals surface area contributed by atoms with Gasteiger partial charge in [0.2, 0.25) is 5.95 Å². The van der Waals surface area contributed by atoms with E-state index in [1.54, 1.807) is 53.8 Å². The van der Waals surface area contributed by atoms with Gasteiger partial charge in [-0.3, -0.25) is 9.78 Å². The van der Waals surface area contributed by atoms with Crippen molar-refractivity contribution in [1.82, 2.24) is 39.7 Å². The molecule has 0 aliphatic carbocycles. The highest BCUT2D eigenvalue weighted by Crippen LogP contribution is 2.34. The Morgan fingerprint density at radius 2 is 2.09 bits per heavy atom. The first kappa shape index (κ1) is 18.4. The number of hydrogen-bond donors (Lipinski definition) is 1. The smallest absolute Gasteiger partial charge is 0.312 e. The minimum Gasteiger partial charge on any atom is -0.411 e. The Hall–Kier alpha value is -4.41. The van der Waals surface area contributed by atoms with E-state index in [0.29, 0.717) is 35.6 Å². The highest BCUT2D eigenvalue weighted by Gasteiger charge is 2.38. The van der Waals surface area contributed by atoms with E-state index in [2.05, 4.69) is 30.2 Å². The number of aromatic amines is 1. The number of nitrogens with zero attached hydrogens (tertiary/aromatic N) is 7. The number of pyridine rings is 2. The summed E-state index contributed by atoms with van der Waals surface area (Å²) in [6.45, 7) is 0.371. The molecular formula is C21H15FN8O2. The van der Waals surface area contributed by atoms with Crippen LogP contribution in [0, 0.1) is 5.95 Å². The van der Waals surface area contributed by atoms with Crippen molar-refractivity contribution in [3.05, 3.63) is 83.9 Å². The Labute approximate surface area is 179 Å². The molecule has 5 aromatic rings. The van der Waals surface area contributed by atoms with Crippen LogP contribution >= 0.6 is 0 Å². The number of fused-ring (bicyclic) bond motifs is 2. The molecule has 1 atom stereocenters. The van der Waals surface area contributed by atoms with E-state index in [0.717, 1.165) is 5.69 Å². The number of hydrogen-bond acceptors (Lipinski definition) is 7. The quantitative estimate of drug-likeness (QED) is 0.437. The molecule has 10 nitrogen and oxygen atoms in total. The number of rotatable bonds is 3. The van der Waals surface area contributed by atoms with Crippen molar-refractivity contribution in [2.45, 2.75) is 12.5 Å². The number of carbonyl (C=O) groups excluding carboxylic acids is 1. The number of halogens is 1. The molecule has 1 N–H and O–H groups in total. The highest BCUT2D eigenvalue weighted by atomic mass is 19.1. The molecule has 1 amide bonds. The average molecular weight is 430 g/mol. The van der Waals surface area contributed by atoms with E-state index in [1.807, 2.05) is 0 Å². The van der Waals surface area contributed by atoms with Crippen LogP contribution < -0.4 is 0 Å². The summed E-state index contributed by atoms with van der Waals surface area (Å²) in [6, 6.07) is 11.1. The molecule has 5 aromatic heterocycles. The van der Waals surface area contributed by atoms with Crippen LogP contribution in [0.25, 0.3) is 17.1 Å². The summed E-state index contributed by atoms with van der Waals surface area (Å²) in [5.74, 6) is -0.972. The monoisotopic (exact) mass is 430 g/mol. The molecule has 1 aliphatic rings. The molecule has 6 heterocycles. The largest absolute Gasteiger partial charge is 0.411 e. The Kier molecular flexibility index (Phi) is 4.06. The second-order valence-corrected chi connectivity index (χ2v) is 7.30. The van der Waals surface area contributed by atoms with Crippen molar-refractivity contribution in [3.63, 3.8) is 0 Å². The molecule has 1 unspecified atom stereocenters. The SMILES string of the molecule is O=C(c1nnc(-c2ccccn2)o1)N1CCc2[nH]cnc2C1c1cc2cccc(F)n2n1. The predicted molar refractivity (Wildman–Crippen MR) is 108 cm³/mol. The number of H-pyrrole nitrogens is 1. The van der Waals surface area contributed by atoms with Gasteiger partial charge in [0, 0.05) is 24.9 Å². The van der Waals surface area contributed by atoms with Crippen molar-refractivity contribution >= 4 is 11.4 Å². The van der Waals surface area contributed by atoms with Crippen molar-refractivity contribution in [2.24, 2.45) is 0 Å². The molecule has 1 aliphatic heterocycles. The molecule has 0 bridgehead atoms. The van der Waals surface area contributed by atoms with E-state index in [4.69, 9.17) is 4.42 Å². The zero-order valence-corrected chi connectivity index (χ0v) is 16.5. The Balaban J connectivity index is 1.41. The summed E-state index contributed by atoms with van der Waals surface area (Å²) in [5.41, 5.74) is 3.08. The molecule has 0 radical (unpaired) electrons. The lowest BCUT2D eigenvalue weighted by atomic mass is 9.99. The van der Waals surface area contributed by atoms with Crippen molar-refractivity contribution in [1.29, 1.82) is 0 Å². The van der Waals surface area contributed by atoms with Gasteiger partial charge in [-0.1, -0.05) is 12.1 Å². The zero-order valence-electron chi connectivity index (χ0n) is 16.5. The van der Waals surface area contributed by atoms with Crippen molar-refractivity contribution in [3.8, 4) is 11.6 Å². The van der Waals surface area contributed by atoms with Gasteiger partial charge in [-0.15, -0.1) is 10.2 Å². The molecule has 0 saturated heterocycles. The molecular weight excluding hydrogens is 415 g/mol. The molecule has 0 saturated carbocycles. The molecule has 32 heavy (non-hydrogen) atoms. The Morgan fingerprint density at radius 1 is 1.16 bits per heavy atom. The van der Waals surface area contributed by atoms with E-state index >= 15 is 0 Å². The topological polar surface area (TPSA) is 118 Å². The van der Waals surface area contributed by atoms with Gasteiger partial charge in [0.1, 0.15) is 11.7 Å². The van der Waals surface area contributed by atoms with Crippen LogP contribution in [-0.2, 0) is 6.42 Å². The van der Waals surface area contributed by atoms with Crippen LogP contribution in [-0.4, -0.2) is 52.1 Å². The van der Waals surface area contributed by atoms with Gasteiger partial charge in [-0.2, -0.15) is 9.49 Å². The Morgan fingerprint density at radius 3 is 2.94 bits per heavy atom. The number of nitrogens with one attached hydrogen (secondary N) is 1. The first-order valence-corrected chi connectivity index (χ1v) is 9.91. The fraction of sp³-hybridized carbons (Fsp3) is 0.143. The number of carbonyl (C=O) groups is 1. The minimum absolute atomic E-state index is 0.151. The maximum atomic E-state index is 14.2. The van der Waals surface area contributed by atoms with Gasteiger partial charge < -0.3 is 14.3 Å². The van der Waals surface area contributed by atoms with Gasteiger partial charge in [0.05, 0.1) is 23.2 Å². The van der Waals surface area contributed by atoms with E-state index in [1.165, 1.54) is 10.6 Å². The average Bonchev–Trinajstić information content (AvgIpc) is 3.58. The normalized spacial score (nSPS) is 15.8. The lowest BCUT2D eigenvalue weighted by Gasteiger charge is -2.32. The fourth-order valence-corrected chi connectivity index (χ4v) is 3.96. The van der Waals surface area contributed by atoms with Crippen molar-refractivity contribution in [2.75, 3.05) is 6.54 Å². The first-order chi connectivity index (χ1) is 15.7. The zero-order chi connectivity index (χ0) is 21.7. The summed E-state index contributed by atoms with van der Waals surface area (Å²) in [5, 5.41) is 12.3. The van der Waals surface area contributed by atoms with E-state index < -0.39 is 17.9 Å². The second kappa shape index (κ2) is 7.08. The lowest BCUT2D eigenvalue weighted by molar-refractivity contribution is 0.0646. The summed E-state index contributed by atoms with van der Waals surface area (Å²) < 4.78 is 21.1. The van der Waals surface area contributed by atoms with Gasteiger partial charge in [-0.25, -0.2) is 9.50 Å². The van der Waals surface area contributed by atoms with Gasteiger partial charge in [0.25, 0.3) is 5.89 Å².